The summed E-state index contributed by atoms with van der Waals surface area (Å²) in [6, 6.07) is 0. The number of aliphatic hydroxyl groups is 1. The minimum absolute atomic E-state index is 0.184. The second-order valence-corrected chi connectivity index (χ2v) is 13.7. The Morgan fingerprint density at radius 3 is 2.35 bits per heavy atom. The van der Waals surface area contributed by atoms with Gasteiger partial charge in [0, 0.05) is 22.8 Å². The van der Waals surface area contributed by atoms with Crippen molar-refractivity contribution in [3.05, 3.63) is 23.8 Å². The van der Waals surface area contributed by atoms with Gasteiger partial charge in [0.05, 0.1) is 6.61 Å². The molecule has 6 aliphatic rings. The summed E-state index contributed by atoms with van der Waals surface area (Å²) >= 11 is 0. The molecule has 6 rings (SSSR count). The number of ether oxygens (including phenoxy) is 1. The van der Waals surface area contributed by atoms with Crippen molar-refractivity contribution >= 4 is 5.97 Å². The van der Waals surface area contributed by atoms with Crippen molar-refractivity contribution in [2.75, 3.05) is 6.61 Å². The van der Waals surface area contributed by atoms with Crippen molar-refractivity contribution in [3.63, 3.8) is 0 Å². The topological polar surface area (TPSA) is 66.8 Å². The molecule has 0 unspecified atom stereocenters. The predicted molar refractivity (Wildman–Crippen MR) is 134 cm³/mol. The molecule has 4 nitrogen and oxygen atoms in total. The van der Waals surface area contributed by atoms with E-state index >= 15 is 0 Å². The average molecular weight is 471 g/mol. The molecular formula is C30H46O4. The van der Waals surface area contributed by atoms with Gasteiger partial charge in [-0.1, -0.05) is 45.9 Å². The highest BCUT2D eigenvalue weighted by atomic mass is 16.6. The molecule has 6 fully saturated rings. The lowest BCUT2D eigenvalue weighted by molar-refractivity contribution is -0.398. The van der Waals surface area contributed by atoms with Crippen LogP contribution >= 0.6 is 0 Å². The van der Waals surface area contributed by atoms with Crippen molar-refractivity contribution < 1.29 is 19.7 Å². The van der Waals surface area contributed by atoms with E-state index in [0.717, 1.165) is 32.3 Å². The van der Waals surface area contributed by atoms with Crippen LogP contribution in [-0.4, -0.2) is 28.6 Å². The zero-order valence-corrected chi connectivity index (χ0v) is 22.1. The number of aliphatic carboxylic acids is 1. The lowest BCUT2D eigenvalue weighted by Gasteiger charge is -2.74. The molecule has 0 aromatic carbocycles. The number of carbonyl (C=O) groups is 1. The molecule has 1 spiro atoms. The van der Waals surface area contributed by atoms with Gasteiger partial charge in [-0.25, -0.2) is 4.79 Å². The zero-order valence-electron chi connectivity index (χ0n) is 22.1. The smallest absolute Gasteiger partial charge is 0.330 e. The number of rotatable bonds is 5. The first-order chi connectivity index (χ1) is 15.8. The minimum atomic E-state index is -0.947. The molecule has 2 saturated heterocycles. The van der Waals surface area contributed by atoms with Gasteiger partial charge in [0.15, 0.2) is 5.79 Å². The molecule has 2 bridgehead atoms. The van der Waals surface area contributed by atoms with Gasteiger partial charge in [-0.15, -0.1) is 0 Å². The molecule has 2 aliphatic heterocycles. The number of hydrogen-bond donors (Lipinski definition) is 2. The van der Waals surface area contributed by atoms with E-state index < -0.39 is 11.8 Å². The van der Waals surface area contributed by atoms with Crippen LogP contribution in [0, 0.1) is 45.3 Å². The highest BCUT2D eigenvalue weighted by Gasteiger charge is 2.74. The molecule has 0 amide bonds. The van der Waals surface area contributed by atoms with Crippen molar-refractivity contribution in [2.24, 2.45) is 45.3 Å². The molecule has 34 heavy (non-hydrogen) atoms. The fourth-order valence-corrected chi connectivity index (χ4v) is 10.4. The van der Waals surface area contributed by atoms with Crippen LogP contribution in [-0.2, 0) is 9.53 Å². The molecule has 0 aromatic heterocycles. The number of carboxylic acids is 1. The number of fused-ring (bicyclic) bond motifs is 5. The van der Waals surface area contributed by atoms with E-state index in [1.807, 2.05) is 6.08 Å². The molecule has 0 radical (unpaired) electrons. The molecule has 2 N–H and O–H groups in total. The summed E-state index contributed by atoms with van der Waals surface area (Å²) in [5, 5.41) is 20.5. The Balaban J connectivity index is 1.38. The minimum Gasteiger partial charge on any atom is -0.478 e. The van der Waals surface area contributed by atoms with Gasteiger partial charge in [-0.2, -0.15) is 0 Å². The Hall–Kier alpha value is -1.13. The van der Waals surface area contributed by atoms with Crippen molar-refractivity contribution in [1.82, 2.24) is 0 Å². The van der Waals surface area contributed by atoms with Gasteiger partial charge in [-0.3, -0.25) is 0 Å². The highest BCUT2D eigenvalue weighted by Crippen LogP contribution is 2.77. The molecule has 0 aromatic rings. The normalized spacial score (nSPS) is 49.2. The Morgan fingerprint density at radius 1 is 1.00 bits per heavy atom. The van der Waals surface area contributed by atoms with E-state index in [-0.39, 0.29) is 10.8 Å². The zero-order chi connectivity index (χ0) is 24.7. The SMILES string of the molecule is C=C(CC/C=C(\C)C(=O)O)[C@H]1CC[C@]2(C)[C@@H]1CC[C@@H]1[C@@]34CC[C@@](O)(OC3)C(C)(C)[C@@H]4CC[C@]12C. The lowest BCUT2D eigenvalue weighted by Crippen LogP contribution is -2.73. The van der Waals surface area contributed by atoms with Crippen LogP contribution in [0.2, 0.25) is 0 Å². The van der Waals surface area contributed by atoms with E-state index in [0.29, 0.717) is 40.1 Å². The fraction of sp³-hybridized carbons (Fsp3) is 0.833. The van der Waals surface area contributed by atoms with Crippen molar-refractivity contribution in [2.45, 2.75) is 105 Å². The van der Waals surface area contributed by atoms with Crippen molar-refractivity contribution in [1.29, 1.82) is 0 Å². The van der Waals surface area contributed by atoms with Gasteiger partial charge in [0.1, 0.15) is 0 Å². The van der Waals surface area contributed by atoms with Crippen LogP contribution in [0.25, 0.3) is 0 Å². The van der Waals surface area contributed by atoms with Crippen molar-refractivity contribution in [3.8, 4) is 0 Å². The van der Waals surface area contributed by atoms with E-state index in [9.17, 15) is 9.90 Å². The van der Waals surface area contributed by atoms with E-state index in [2.05, 4.69) is 34.3 Å². The number of carboxylic acid groups (broad SMARTS) is 1. The van der Waals surface area contributed by atoms with E-state index in [1.165, 1.54) is 44.1 Å². The van der Waals surface area contributed by atoms with Crippen LogP contribution in [0.15, 0.2) is 23.8 Å². The Kier molecular flexibility index (Phi) is 5.55. The third-order valence-electron chi connectivity index (χ3n) is 12.6. The summed E-state index contributed by atoms with van der Waals surface area (Å²) in [6.45, 7) is 16.7. The summed E-state index contributed by atoms with van der Waals surface area (Å²) in [4.78, 5) is 11.1. The molecule has 8 atom stereocenters. The highest BCUT2D eigenvalue weighted by molar-refractivity contribution is 5.85. The maximum atomic E-state index is 11.3. The third kappa shape index (κ3) is 3.00. The Morgan fingerprint density at radius 2 is 1.71 bits per heavy atom. The van der Waals surface area contributed by atoms with Gasteiger partial charge in [-0.05, 0) is 99.2 Å². The molecule has 4 heteroatoms. The van der Waals surface area contributed by atoms with Gasteiger partial charge in [0.2, 0.25) is 0 Å². The first-order valence-electron chi connectivity index (χ1n) is 13.8. The second-order valence-electron chi connectivity index (χ2n) is 13.7. The predicted octanol–water partition coefficient (Wildman–Crippen LogP) is 6.74. The molecular weight excluding hydrogens is 424 g/mol. The van der Waals surface area contributed by atoms with Gasteiger partial charge in [0.25, 0.3) is 0 Å². The maximum absolute atomic E-state index is 11.3. The first kappa shape index (κ1) is 24.6. The molecule has 2 heterocycles. The molecule has 190 valence electrons. The van der Waals surface area contributed by atoms with Crippen LogP contribution in [0.3, 0.4) is 0 Å². The first-order valence-corrected chi connectivity index (χ1v) is 13.8. The molecule has 4 saturated carbocycles. The van der Waals surface area contributed by atoms with E-state index in [4.69, 9.17) is 9.84 Å². The van der Waals surface area contributed by atoms with Gasteiger partial charge >= 0.3 is 5.97 Å². The largest absolute Gasteiger partial charge is 0.478 e. The van der Waals surface area contributed by atoms with Gasteiger partial charge < -0.3 is 14.9 Å². The summed E-state index contributed by atoms with van der Waals surface area (Å²) in [6.07, 6.45) is 12.9. The lowest BCUT2D eigenvalue weighted by atomic mass is 9.34. The third-order valence-corrected chi connectivity index (χ3v) is 12.6. The van der Waals surface area contributed by atoms with Crippen LogP contribution in [0.5, 0.6) is 0 Å². The summed E-state index contributed by atoms with van der Waals surface area (Å²) in [5.74, 6) is 0.678. The van der Waals surface area contributed by atoms with Crippen LogP contribution in [0.4, 0.5) is 0 Å². The monoisotopic (exact) mass is 470 g/mol. The second kappa shape index (κ2) is 7.68. The summed E-state index contributed by atoms with van der Waals surface area (Å²) in [5.41, 5.74) is 2.41. The summed E-state index contributed by atoms with van der Waals surface area (Å²) < 4.78 is 6.31. The quantitative estimate of drug-likeness (QED) is 0.345. The van der Waals surface area contributed by atoms with Crippen LogP contribution in [0.1, 0.15) is 98.8 Å². The Bertz CT molecular complexity index is 907. The standard InChI is InChI=1S/C30H46O4/c1-19(8-7-9-20(2)25(31)32)21-12-14-27(5)22(21)10-11-24-28(27,6)15-13-23-26(3,4)30(33)17-16-29(23,24)18-34-30/h9,21-24,33H,1,7-8,10-18H2,2-6H3,(H,31,32)/b20-9+/t21-,22-,23+,24+,27-,28-,29+,30-/m1/s1. The summed E-state index contributed by atoms with van der Waals surface area (Å²) in [7, 11) is 0. The van der Waals surface area contributed by atoms with Crippen LogP contribution < -0.4 is 0 Å². The average Bonchev–Trinajstić information content (AvgIpc) is 3.13. The number of allylic oxidation sites excluding steroid dienone is 2. The maximum Gasteiger partial charge on any atom is 0.330 e. The fourth-order valence-electron chi connectivity index (χ4n) is 10.4. The molecule has 4 aliphatic carbocycles. The number of hydrogen-bond acceptors (Lipinski definition) is 3. The van der Waals surface area contributed by atoms with E-state index in [1.54, 1.807) is 6.92 Å². The Labute approximate surface area is 206 Å².